The van der Waals surface area contributed by atoms with Crippen molar-refractivity contribution >= 4 is 22.5 Å². The van der Waals surface area contributed by atoms with E-state index in [1.807, 2.05) is 4.57 Å². The van der Waals surface area contributed by atoms with Gasteiger partial charge in [0.15, 0.2) is 16.6 Å². The Balaban J connectivity index is 2.75. The first-order valence-corrected chi connectivity index (χ1v) is 14.9. The van der Waals surface area contributed by atoms with Gasteiger partial charge in [-0.25, -0.2) is 0 Å². The van der Waals surface area contributed by atoms with Crippen LogP contribution in [-0.4, -0.2) is 39.7 Å². The van der Waals surface area contributed by atoms with E-state index < -0.39 is 16.6 Å². The van der Waals surface area contributed by atoms with Crippen LogP contribution < -0.4 is 0 Å². The van der Waals surface area contributed by atoms with E-state index in [0.717, 1.165) is 6.42 Å². The number of carbonyl (C=O) groups excluding carboxylic acids is 1. The lowest BCUT2D eigenvalue weighted by atomic mass is 9.88. The molecule has 0 saturated carbocycles. The van der Waals surface area contributed by atoms with Gasteiger partial charge in [-0.2, -0.15) is 0 Å². The van der Waals surface area contributed by atoms with Crippen LogP contribution in [-0.2, 0) is 9.22 Å². The summed E-state index contributed by atoms with van der Waals surface area (Å²) in [5, 5.41) is 0.301. The molecule has 1 saturated heterocycles. The van der Waals surface area contributed by atoms with Crippen LogP contribution in [0.3, 0.4) is 0 Å². The molecule has 2 unspecified atom stereocenters. The first kappa shape index (κ1) is 21.5. The highest BCUT2D eigenvalue weighted by Crippen LogP contribution is 2.45. The molecule has 1 aliphatic rings. The fourth-order valence-electron chi connectivity index (χ4n) is 2.66. The van der Waals surface area contributed by atoms with Crippen LogP contribution in [0, 0.1) is 18.3 Å². The number of terminal acetylenes is 1. The van der Waals surface area contributed by atoms with Gasteiger partial charge in [-0.1, -0.05) is 60.6 Å². The molecule has 0 aliphatic carbocycles. The summed E-state index contributed by atoms with van der Waals surface area (Å²) in [6, 6.07) is -0.0543. The normalized spacial score (nSPS) is 23.0. The monoisotopic (exact) mass is 367 g/mol. The molecule has 0 aromatic rings. The largest absolute Gasteiger partial charge is 0.417 e. The Kier molecular flexibility index (Phi) is 5.92. The van der Waals surface area contributed by atoms with Gasteiger partial charge in [-0.15, -0.1) is 6.42 Å². The predicted molar refractivity (Wildman–Crippen MR) is 108 cm³/mol. The number of carbonyl (C=O) groups is 1. The Labute approximate surface area is 151 Å². The minimum absolute atomic E-state index is 0.0543. The molecule has 0 spiro atoms. The van der Waals surface area contributed by atoms with Crippen molar-refractivity contribution in [1.82, 2.24) is 4.57 Å². The summed E-state index contributed by atoms with van der Waals surface area (Å²) in [7, 11) is -3.67. The molecule has 0 aromatic carbocycles. The van der Waals surface area contributed by atoms with Crippen LogP contribution in [0.15, 0.2) is 0 Å². The highest BCUT2D eigenvalue weighted by atomic mass is 28.4. The molecule has 0 bridgehead atoms. The minimum Gasteiger partial charge on any atom is -0.417 e. The van der Waals surface area contributed by atoms with Crippen LogP contribution >= 0.6 is 0 Å². The van der Waals surface area contributed by atoms with Crippen molar-refractivity contribution in [2.24, 2.45) is 5.92 Å². The summed E-state index contributed by atoms with van der Waals surface area (Å²) in [5.41, 5.74) is 0. The number of hydrogen-bond acceptors (Lipinski definition) is 2. The molecule has 24 heavy (non-hydrogen) atoms. The topological polar surface area (TPSA) is 29.5 Å². The van der Waals surface area contributed by atoms with Gasteiger partial charge in [-0.3, -0.25) is 4.79 Å². The molecular formula is C19H37NO2Si2. The van der Waals surface area contributed by atoms with Gasteiger partial charge in [0, 0.05) is 6.61 Å². The van der Waals surface area contributed by atoms with Gasteiger partial charge in [0.2, 0.25) is 5.91 Å². The lowest BCUT2D eigenvalue weighted by molar-refractivity contribution is -0.145. The van der Waals surface area contributed by atoms with E-state index in [1.54, 1.807) is 0 Å². The van der Waals surface area contributed by atoms with E-state index in [9.17, 15) is 4.79 Å². The zero-order valence-electron chi connectivity index (χ0n) is 17.4. The fraction of sp³-hybridized carbons (Fsp3) is 0.842. The molecule has 0 N–H and O–H groups in total. The fourth-order valence-corrected chi connectivity index (χ4v) is 6.11. The van der Waals surface area contributed by atoms with Gasteiger partial charge >= 0.3 is 0 Å². The van der Waals surface area contributed by atoms with Crippen LogP contribution in [0.25, 0.3) is 0 Å². The zero-order chi connectivity index (χ0) is 19.1. The first-order chi connectivity index (χ1) is 10.6. The molecule has 5 heteroatoms. The van der Waals surface area contributed by atoms with Crippen molar-refractivity contribution in [3.63, 3.8) is 0 Å². The number of β-lactam (4-membered cyclic amide) rings is 1. The average molecular weight is 368 g/mol. The highest BCUT2D eigenvalue weighted by Gasteiger charge is 2.56. The maximum atomic E-state index is 12.8. The van der Waals surface area contributed by atoms with Crippen LogP contribution in [0.5, 0.6) is 0 Å². The molecule has 3 nitrogen and oxygen atoms in total. The second-order valence-electron chi connectivity index (χ2n) is 10.1. The molecule has 1 amide bonds. The lowest BCUT2D eigenvalue weighted by Crippen LogP contribution is -2.72. The van der Waals surface area contributed by atoms with Crippen LogP contribution in [0.1, 0.15) is 48.0 Å². The summed E-state index contributed by atoms with van der Waals surface area (Å²) in [6.07, 6.45) is 6.53. The number of hydrogen-bond donors (Lipinski definition) is 0. The van der Waals surface area contributed by atoms with E-state index in [-0.39, 0.29) is 27.9 Å². The summed E-state index contributed by atoms with van der Waals surface area (Å²) in [4.78, 5) is 12.8. The van der Waals surface area contributed by atoms with E-state index in [4.69, 9.17) is 10.8 Å². The molecular weight excluding hydrogens is 330 g/mol. The minimum atomic E-state index is -1.91. The SMILES string of the molecule is C#CC1C(CCO[Si](C)(C)C(C)(C)C)C(=O)N1[Si](C)(C)C(C)(C)C. The summed E-state index contributed by atoms with van der Waals surface area (Å²) < 4.78 is 8.29. The zero-order valence-corrected chi connectivity index (χ0v) is 19.4. The molecule has 0 radical (unpaired) electrons. The average Bonchev–Trinajstić information content (AvgIpc) is 2.37. The van der Waals surface area contributed by atoms with Crippen molar-refractivity contribution in [1.29, 1.82) is 0 Å². The predicted octanol–water partition coefficient (Wildman–Crippen LogP) is 4.86. The number of nitrogens with zero attached hydrogens (tertiary/aromatic N) is 1. The van der Waals surface area contributed by atoms with E-state index >= 15 is 0 Å². The highest BCUT2D eigenvalue weighted by molar-refractivity contribution is 6.80. The van der Waals surface area contributed by atoms with Gasteiger partial charge in [0.1, 0.15) is 0 Å². The Morgan fingerprint density at radius 2 is 1.58 bits per heavy atom. The smallest absolute Gasteiger partial charge is 0.221 e. The Morgan fingerprint density at radius 3 is 1.96 bits per heavy atom. The molecule has 1 rings (SSSR count). The molecule has 138 valence electrons. The third-order valence-corrected chi connectivity index (χ3v) is 16.4. The van der Waals surface area contributed by atoms with Crippen molar-refractivity contribution in [3.8, 4) is 12.3 Å². The lowest BCUT2D eigenvalue weighted by Gasteiger charge is -2.57. The maximum Gasteiger partial charge on any atom is 0.221 e. The Hall–Kier alpha value is -0.576. The molecule has 1 fully saturated rings. The van der Waals surface area contributed by atoms with E-state index in [1.165, 1.54) is 0 Å². The second-order valence-corrected chi connectivity index (χ2v) is 20.0. The second kappa shape index (κ2) is 6.62. The molecule has 0 aromatic heterocycles. The molecule has 2 atom stereocenters. The Bertz CT molecular complexity index is 521. The summed E-state index contributed by atoms with van der Waals surface area (Å²) in [5.74, 6) is 3.06. The van der Waals surface area contributed by atoms with Crippen LogP contribution in [0.2, 0.25) is 36.3 Å². The first-order valence-electron chi connectivity index (χ1n) is 9.01. The number of rotatable bonds is 5. The summed E-state index contributed by atoms with van der Waals surface area (Å²) in [6.45, 7) is 23.0. The van der Waals surface area contributed by atoms with Crippen molar-refractivity contribution in [3.05, 3.63) is 0 Å². The maximum absolute atomic E-state index is 12.8. The third kappa shape index (κ3) is 3.81. The van der Waals surface area contributed by atoms with Gasteiger partial charge in [0.25, 0.3) is 0 Å². The van der Waals surface area contributed by atoms with Crippen molar-refractivity contribution in [2.75, 3.05) is 6.61 Å². The third-order valence-electron chi connectivity index (χ3n) is 6.52. The van der Waals surface area contributed by atoms with Gasteiger partial charge in [0.05, 0.1) is 12.0 Å². The molecule has 1 aliphatic heterocycles. The van der Waals surface area contributed by atoms with Crippen molar-refractivity contribution in [2.45, 2.75) is 90.3 Å². The van der Waals surface area contributed by atoms with Crippen LogP contribution in [0.4, 0.5) is 0 Å². The molecule has 1 heterocycles. The number of amides is 1. The van der Waals surface area contributed by atoms with E-state index in [0.29, 0.717) is 6.61 Å². The van der Waals surface area contributed by atoms with Gasteiger partial charge < -0.3 is 8.99 Å². The van der Waals surface area contributed by atoms with E-state index in [2.05, 4.69) is 73.7 Å². The standard InChI is InChI=1S/C19H37NO2Si2/c1-12-16-15(13-14-22-24(10,11)19(5,6)7)17(21)20(16)23(8,9)18(2,3)4/h1,15-16H,13-14H2,2-11H3. The Morgan fingerprint density at radius 1 is 1.08 bits per heavy atom. The summed E-state index contributed by atoms with van der Waals surface area (Å²) >= 11 is 0. The van der Waals surface area contributed by atoms with Gasteiger partial charge in [-0.05, 0) is 29.6 Å². The quantitative estimate of drug-likeness (QED) is 0.394. The van der Waals surface area contributed by atoms with Crippen molar-refractivity contribution < 1.29 is 9.22 Å².